The van der Waals surface area contributed by atoms with E-state index in [1.165, 1.54) is 0 Å². The molecule has 0 amide bonds. The number of rotatable bonds is 3. The number of benzene rings is 1. The predicted octanol–water partition coefficient (Wildman–Crippen LogP) is 3.16. The average molecular weight is 268 g/mol. The molecule has 0 radical (unpaired) electrons. The molecule has 0 aliphatic carbocycles. The quantitative estimate of drug-likeness (QED) is 0.803. The smallest absolute Gasteiger partial charge is 0.339 e. The van der Waals surface area contributed by atoms with Gasteiger partial charge in [0.2, 0.25) is 0 Å². The molecule has 4 heteroatoms. The van der Waals surface area contributed by atoms with Crippen LogP contribution in [0, 0.1) is 25.2 Å². The number of carbonyl (C=O) groups excluding carboxylic acids is 1. The number of aromatic nitrogens is 1. The first-order chi connectivity index (χ1) is 9.52. The number of aryl methyl sites for hydroxylation is 2. The second kappa shape index (κ2) is 5.62. The summed E-state index contributed by atoms with van der Waals surface area (Å²) in [6.45, 7) is 5.60. The van der Waals surface area contributed by atoms with Crippen LogP contribution in [-0.4, -0.2) is 16.6 Å². The van der Waals surface area contributed by atoms with Gasteiger partial charge in [-0.15, -0.1) is 0 Å². The first-order valence-corrected chi connectivity index (χ1v) is 6.39. The fourth-order valence-electron chi connectivity index (χ4n) is 2.08. The van der Waals surface area contributed by atoms with Gasteiger partial charge in [-0.1, -0.05) is 0 Å². The zero-order valence-electron chi connectivity index (χ0n) is 11.8. The maximum absolute atomic E-state index is 11.8. The lowest BCUT2D eigenvalue weighted by Crippen LogP contribution is -2.13. The van der Waals surface area contributed by atoms with E-state index in [9.17, 15) is 4.79 Å². The molecule has 20 heavy (non-hydrogen) atoms. The normalized spacial score (nSPS) is 11.7. The second-order valence-corrected chi connectivity index (χ2v) is 4.68. The zero-order chi connectivity index (χ0) is 14.7. The Hall–Kier alpha value is -2.54. The summed E-state index contributed by atoms with van der Waals surface area (Å²) in [7, 11) is 0. The highest BCUT2D eigenvalue weighted by molar-refractivity contribution is 5.89. The Labute approximate surface area is 118 Å². The highest BCUT2D eigenvalue weighted by Gasteiger charge is 2.11. The van der Waals surface area contributed by atoms with Crippen LogP contribution in [0.3, 0.4) is 0 Å². The molecule has 2 rings (SSSR count). The third kappa shape index (κ3) is 2.72. The molecule has 0 bridgehead atoms. The van der Waals surface area contributed by atoms with Crippen molar-refractivity contribution in [3.05, 3.63) is 53.3 Å². The van der Waals surface area contributed by atoms with Gasteiger partial charge in [-0.2, -0.15) is 5.26 Å². The molecular formula is C16H16N2O2. The topological polar surface area (TPSA) is 55.0 Å². The molecule has 0 aliphatic heterocycles. The Morgan fingerprint density at radius 2 is 1.70 bits per heavy atom. The standard InChI is InChI=1S/C16H16N2O2/c1-11-4-5-12(2)18(11)15-8-6-14(7-9-15)16(19)20-13(3)10-17/h4-9,13H,1-3H3/t13-/m1/s1. The lowest BCUT2D eigenvalue weighted by Gasteiger charge is -2.10. The number of nitrogens with zero attached hydrogens (tertiary/aromatic N) is 2. The van der Waals surface area contributed by atoms with Gasteiger partial charge in [0, 0.05) is 17.1 Å². The molecule has 1 aromatic carbocycles. The van der Waals surface area contributed by atoms with Crippen molar-refractivity contribution < 1.29 is 9.53 Å². The van der Waals surface area contributed by atoms with Crippen LogP contribution in [-0.2, 0) is 4.74 Å². The summed E-state index contributed by atoms with van der Waals surface area (Å²) < 4.78 is 7.06. The molecule has 0 unspecified atom stereocenters. The number of hydrogen-bond donors (Lipinski definition) is 0. The van der Waals surface area contributed by atoms with Crippen LogP contribution >= 0.6 is 0 Å². The molecule has 4 nitrogen and oxygen atoms in total. The van der Waals surface area contributed by atoms with Crippen molar-refractivity contribution in [1.82, 2.24) is 4.57 Å². The number of ether oxygens (including phenoxy) is 1. The van der Waals surface area contributed by atoms with Crippen molar-refractivity contribution in [3.63, 3.8) is 0 Å². The fraction of sp³-hybridized carbons (Fsp3) is 0.250. The van der Waals surface area contributed by atoms with E-state index in [0.29, 0.717) is 5.56 Å². The van der Waals surface area contributed by atoms with Crippen LogP contribution in [0.5, 0.6) is 0 Å². The van der Waals surface area contributed by atoms with Crippen LogP contribution in [0.1, 0.15) is 28.7 Å². The van der Waals surface area contributed by atoms with E-state index in [1.54, 1.807) is 19.1 Å². The van der Waals surface area contributed by atoms with E-state index in [-0.39, 0.29) is 0 Å². The minimum absolute atomic E-state index is 0.443. The van der Waals surface area contributed by atoms with E-state index < -0.39 is 12.1 Å². The third-order valence-corrected chi connectivity index (χ3v) is 3.10. The summed E-state index contributed by atoms with van der Waals surface area (Å²) in [5, 5.41) is 8.63. The summed E-state index contributed by atoms with van der Waals surface area (Å²) in [5.41, 5.74) is 3.71. The van der Waals surface area contributed by atoms with Crippen LogP contribution in [0.15, 0.2) is 36.4 Å². The molecule has 1 heterocycles. The predicted molar refractivity (Wildman–Crippen MR) is 75.7 cm³/mol. The highest BCUT2D eigenvalue weighted by Crippen LogP contribution is 2.17. The lowest BCUT2D eigenvalue weighted by atomic mass is 10.2. The van der Waals surface area contributed by atoms with E-state index in [1.807, 2.05) is 44.2 Å². The summed E-state index contributed by atoms with van der Waals surface area (Å²) in [6.07, 6.45) is -0.740. The molecule has 0 saturated heterocycles. The van der Waals surface area contributed by atoms with Gasteiger partial charge in [-0.05, 0) is 57.2 Å². The summed E-state index contributed by atoms with van der Waals surface area (Å²) in [4.78, 5) is 11.8. The SMILES string of the molecule is Cc1ccc(C)n1-c1ccc(C(=O)O[C@H](C)C#N)cc1. The molecule has 0 aliphatic rings. The highest BCUT2D eigenvalue weighted by atomic mass is 16.5. The summed E-state index contributed by atoms with van der Waals surface area (Å²) in [5.74, 6) is -0.480. The Bertz CT molecular complexity index is 643. The molecule has 1 atom stereocenters. The summed E-state index contributed by atoms with van der Waals surface area (Å²) >= 11 is 0. The van der Waals surface area contributed by atoms with Gasteiger partial charge < -0.3 is 9.30 Å². The van der Waals surface area contributed by atoms with E-state index in [4.69, 9.17) is 10.00 Å². The van der Waals surface area contributed by atoms with Crippen molar-refractivity contribution in [3.8, 4) is 11.8 Å². The van der Waals surface area contributed by atoms with Crippen LogP contribution in [0.4, 0.5) is 0 Å². The number of carbonyl (C=O) groups is 1. The Balaban J connectivity index is 2.23. The van der Waals surface area contributed by atoms with Crippen LogP contribution in [0.2, 0.25) is 0 Å². The van der Waals surface area contributed by atoms with Crippen molar-refractivity contribution in [1.29, 1.82) is 5.26 Å². The Morgan fingerprint density at radius 1 is 1.15 bits per heavy atom. The van der Waals surface area contributed by atoms with Crippen molar-refractivity contribution in [2.75, 3.05) is 0 Å². The van der Waals surface area contributed by atoms with E-state index >= 15 is 0 Å². The first kappa shape index (κ1) is 13.9. The maximum atomic E-state index is 11.8. The Morgan fingerprint density at radius 3 is 2.20 bits per heavy atom. The summed E-state index contributed by atoms with van der Waals surface area (Å²) in [6, 6.07) is 13.1. The number of nitriles is 1. The molecule has 102 valence electrons. The molecular weight excluding hydrogens is 252 g/mol. The van der Waals surface area contributed by atoms with Gasteiger partial charge in [-0.3, -0.25) is 0 Å². The second-order valence-electron chi connectivity index (χ2n) is 4.68. The minimum Gasteiger partial charge on any atom is -0.444 e. The van der Waals surface area contributed by atoms with Crippen molar-refractivity contribution in [2.24, 2.45) is 0 Å². The number of hydrogen-bond acceptors (Lipinski definition) is 3. The Kier molecular flexibility index (Phi) is 3.90. The largest absolute Gasteiger partial charge is 0.444 e. The van der Waals surface area contributed by atoms with Crippen LogP contribution < -0.4 is 0 Å². The van der Waals surface area contributed by atoms with E-state index in [0.717, 1.165) is 17.1 Å². The van der Waals surface area contributed by atoms with Gasteiger partial charge in [0.05, 0.1) is 5.56 Å². The average Bonchev–Trinajstić information content (AvgIpc) is 2.78. The van der Waals surface area contributed by atoms with Crippen LogP contribution in [0.25, 0.3) is 5.69 Å². The molecule has 0 saturated carbocycles. The molecule has 0 spiro atoms. The van der Waals surface area contributed by atoms with Crippen molar-refractivity contribution >= 4 is 5.97 Å². The maximum Gasteiger partial charge on any atom is 0.339 e. The van der Waals surface area contributed by atoms with Gasteiger partial charge in [0.25, 0.3) is 0 Å². The zero-order valence-corrected chi connectivity index (χ0v) is 11.8. The molecule has 2 aromatic rings. The molecule has 0 N–H and O–H groups in total. The van der Waals surface area contributed by atoms with Gasteiger partial charge in [0.15, 0.2) is 6.10 Å². The lowest BCUT2D eigenvalue weighted by molar-refractivity contribution is 0.0435. The van der Waals surface area contributed by atoms with Gasteiger partial charge in [-0.25, -0.2) is 4.79 Å². The third-order valence-electron chi connectivity index (χ3n) is 3.10. The van der Waals surface area contributed by atoms with E-state index in [2.05, 4.69) is 4.57 Å². The fourth-order valence-corrected chi connectivity index (χ4v) is 2.08. The first-order valence-electron chi connectivity index (χ1n) is 6.39. The van der Waals surface area contributed by atoms with Crippen molar-refractivity contribution in [2.45, 2.75) is 26.9 Å². The van der Waals surface area contributed by atoms with Gasteiger partial charge in [0.1, 0.15) is 6.07 Å². The number of esters is 1. The minimum atomic E-state index is -0.740. The molecule has 0 fully saturated rings. The monoisotopic (exact) mass is 268 g/mol. The van der Waals surface area contributed by atoms with Gasteiger partial charge >= 0.3 is 5.97 Å². The molecule has 1 aromatic heterocycles.